The molecule has 8 nitrogen and oxygen atoms in total. The third-order valence-corrected chi connectivity index (χ3v) is 3.47. The predicted octanol–water partition coefficient (Wildman–Crippen LogP) is -0.382. The van der Waals surface area contributed by atoms with Gasteiger partial charge < -0.3 is 11.1 Å². The SMILES string of the molecule is Cc1nn(C)c(C)c1CNc1c(N)n(C)c(=O)[nH]c1=O. The van der Waals surface area contributed by atoms with Gasteiger partial charge in [0.15, 0.2) is 0 Å². The van der Waals surface area contributed by atoms with Crippen LogP contribution in [-0.4, -0.2) is 19.3 Å². The van der Waals surface area contributed by atoms with Gasteiger partial charge in [-0.25, -0.2) is 4.79 Å². The van der Waals surface area contributed by atoms with Crippen LogP contribution in [0.5, 0.6) is 0 Å². The Hall–Kier alpha value is -2.51. The summed E-state index contributed by atoms with van der Waals surface area (Å²) in [4.78, 5) is 25.4. The molecule has 4 N–H and O–H groups in total. The minimum Gasteiger partial charge on any atom is -0.383 e. The first-order chi connectivity index (χ1) is 9.32. The molecule has 8 heteroatoms. The quantitative estimate of drug-likeness (QED) is 0.708. The number of nitrogens with one attached hydrogen (secondary N) is 2. The molecule has 2 aromatic heterocycles. The number of nitrogen functional groups attached to an aromatic ring is 1. The molecular formula is C12H18N6O2. The molecule has 0 radical (unpaired) electrons. The van der Waals surface area contributed by atoms with Gasteiger partial charge in [-0.3, -0.25) is 19.0 Å². The fraction of sp³-hybridized carbons (Fsp3) is 0.417. The van der Waals surface area contributed by atoms with E-state index in [1.54, 1.807) is 4.68 Å². The Morgan fingerprint density at radius 1 is 1.30 bits per heavy atom. The van der Waals surface area contributed by atoms with Gasteiger partial charge in [0.25, 0.3) is 5.56 Å². The summed E-state index contributed by atoms with van der Waals surface area (Å²) in [7, 11) is 3.36. The van der Waals surface area contributed by atoms with Crippen LogP contribution in [0.25, 0.3) is 0 Å². The molecule has 108 valence electrons. The van der Waals surface area contributed by atoms with Crippen molar-refractivity contribution in [3.05, 3.63) is 37.8 Å². The Balaban J connectivity index is 2.35. The molecule has 0 atom stereocenters. The minimum absolute atomic E-state index is 0.109. The second-order valence-corrected chi connectivity index (χ2v) is 4.71. The molecule has 0 aliphatic heterocycles. The molecule has 0 amide bonds. The Kier molecular flexibility index (Phi) is 3.39. The lowest BCUT2D eigenvalue weighted by Crippen LogP contribution is -2.32. The number of nitrogens with two attached hydrogens (primary N) is 1. The fourth-order valence-electron chi connectivity index (χ4n) is 2.06. The van der Waals surface area contributed by atoms with Crippen molar-refractivity contribution in [1.29, 1.82) is 0 Å². The van der Waals surface area contributed by atoms with Gasteiger partial charge in [-0.1, -0.05) is 0 Å². The Morgan fingerprint density at radius 2 is 1.95 bits per heavy atom. The lowest BCUT2D eigenvalue weighted by Gasteiger charge is -2.11. The van der Waals surface area contributed by atoms with Crippen LogP contribution < -0.4 is 22.3 Å². The Morgan fingerprint density at radius 3 is 2.50 bits per heavy atom. The molecule has 0 spiro atoms. The van der Waals surface area contributed by atoms with E-state index in [1.165, 1.54) is 11.6 Å². The summed E-state index contributed by atoms with van der Waals surface area (Å²) < 4.78 is 2.97. The average molecular weight is 278 g/mol. The van der Waals surface area contributed by atoms with Crippen LogP contribution in [0.3, 0.4) is 0 Å². The first-order valence-electron chi connectivity index (χ1n) is 6.14. The van der Waals surface area contributed by atoms with E-state index in [0.717, 1.165) is 17.0 Å². The maximum absolute atomic E-state index is 11.8. The monoisotopic (exact) mass is 278 g/mol. The van der Waals surface area contributed by atoms with Gasteiger partial charge in [-0.2, -0.15) is 5.10 Å². The van der Waals surface area contributed by atoms with Crippen LogP contribution in [0.15, 0.2) is 9.59 Å². The van der Waals surface area contributed by atoms with Gasteiger partial charge in [0.05, 0.1) is 5.69 Å². The summed E-state index contributed by atoms with van der Waals surface area (Å²) in [5.74, 6) is 0.109. The third-order valence-electron chi connectivity index (χ3n) is 3.47. The maximum atomic E-state index is 11.8. The lowest BCUT2D eigenvalue weighted by molar-refractivity contribution is 0.730. The van der Waals surface area contributed by atoms with E-state index in [2.05, 4.69) is 15.4 Å². The molecule has 0 aliphatic rings. The van der Waals surface area contributed by atoms with E-state index in [9.17, 15) is 9.59 Å². The fourth-order valence-corrected chi connectivity index (χ4v) is 2.06. The van der Waals surface area contributed by atoms with E-state index in [1.807, 2.05) is 20.9 Å². The van der Waals surface area contributed by atoms with E-state index < -0.39 is 11.2 Å². The zero-order valence-electron chi connectivity index (χ0n) is 11.9. The lowest BCUT2D eigenvalue weighted by atomic mass is 10.2. The summed E-state index contributed by atoms with van der Waals surface area (Å²) in [6, 6.07) is 0. The molecule has 0 unspecified atom stereocenters. The maximum Gasteiger partial charge on any atom is 0.329 e. The van der Waals surface area contributed by atoms with E-state index in [0.29, 0.717) is 6.54 Å². The molecule has 0 saturated heterocycles. The van der Waals surface area contributed by atoms with Crippen molar-refractivity contribution in [2.45, 2.75) is 20.4 Å². The van der Waals surface area contributed by atoms with Gasteiger partial charge in [-0.15, -0.1) is 0 Å². The summed E-state index contributed by atoms with van der Waals surface area (Å²) >= 11 is 0. The van der Waals surface area contributed by atoms with Crippen LogP contribution in [-0.2, 0) is 20.6 Å². The molecule has 0 aromatic carbocycles. The van der Waals surface area contributed by atoms with Crippen molar-refractivity contribution in [3.63, 3.8) is 0 Å². The van der Waals surface area contributed by atoms with Gasteiger partial charge in [0.2, 0.25) is 0 Å². The highest BCUT2D eigenvalue weighted by atomic mass is 16.2. The normalized spacial score (nSPS) is 10.8. The topological polar surface area (TPSA) is 111 Å². The van der Waals surface area contributed by atoms with Gasteiger partial charge in [-0.05, 0) is 13.8 Å². The van der Waals surface area contributed by atoms with Gasteiger partial charge in [0, 0.05) is 31.9 Å². The molecule has 0 fully saturated rings. The zero-order chi connectivity index (χ0) is 15.0. The molecule has 2 heterocycles. The smallest absolute Gasteiger partial charge is 0.329 e. The second kappa shape index (κ2) is 4.87. The number of nitrogens with zero attached hydrogens (tertiary/aromatic N) is 3. The Bertz CT molecular complexity index is 767. The standard InChI is InChI=1S/C12H18N6O2/c1-6-8(7(2)18(4)16-6)5-14-9-10(13)17(3)12(20)15-11(9)19/h14H,5,13H2,1-4H3,(H,15,19,20). The summed E-state index contributed by atoms with van der Waals surface area (Å²) in [5, 5.41) is 7.28. The van der Waals surface area contributed by atoms with E-state index >= 15 is 0 Å². The van der Waals surface area contributed by atoms with Crippen molar-refractivity contribution >= 4 is 11.5 Å². The van der Waals surface area contributed by atoms with Crippen LogP contribution in [0.2, 0.25) is 0 Å². The van der Waals surface area contributed by atoms with E-state index in [-0.39, 0.29) is 11.5 Å². The van der Waals surface area contributed by atoms with Crippen molar-refractivity contribution in [2.24, 2.45) is 14.1 Å². The molecule has 0 aliphatic carbocycles. The number of hydrogen-bond donors (Lipinski definition) is 3. The average Bonchev–Trinajstić information content (AvgIpc) is 2.62. The van der Waals surface area contributed by atoms with Crippen LogP contribution in [0.1, 0.15) is 17.0 Å². The number of aromatic amines is 1. The van der Waals surface area contributed by atoms with Crippen molar-refractivity contribution in [3.8, 4) is 0 Å². The van der Waals surface area contributed by atoms with Crippen molar-refractivity contribution < 1.29 is 0 Å². The number of hydrogen-bond acceptors (Lipinski definition) is 5. The summed E-state index contributed by atoms with van der Waals surface area (Å²) in [5.41, 5.74) is 7.82. The van der Waals surface area contributed by atoms with Crippen LogP contribution >= 0.6 is 0 Å². The zero-order valence-corrected chi connectivity index (χ0v) is 11.9. The van der Waals surface area contributed by atoms with Gasteiger partial charge in [0.1, 0.15) is 11.5 Å². The predicted molar refractivity (Wildman–Crippen MR) is 76.7 cm³/mol. The molecular weight excluding hydrogens is 260 g/mol. The number of rotatable bonds is 3. The highest BCUT2D eigenvalue weighted by Crippen LogP contribution is 2.15. The molecule has 0 bridgehead atoms. The first kappa shape index (κ1) is 13.9. The summed E-state index contributed by atoms with van der Waals surface area (Å²) in [6.07, 6.45) is 0. The van der Waals surface area contributed by atoms with Crippen molar-refractivity contribution in [1.82, 2.24) is 19.3 Å². The Labute approximate surface area is 115 Å². The first-order valence-corrected chi connectivity index (χ1v) is 6.14. The highest BCUT2D eigenvalue weighted by molar-refractivity contribution is 5.60. The number of H-pyrrole nitrogens is 1. The highest BCUT2D eigenvalue weighted by Gasteiger charge is 2.13. The molecule has 2 aromatic rings. The van der Waals surface area contributed by atoms with E-state index in [4.69, 9.17) is 5.73 Å². The number of aryl methyl sites for hydroxylation is 2. The van der Waals surface area contributed by atoms with Crippen molar-refractivity contribution in [2.75, 3.05) is 11.1 Å². The minimum atomic E-state index is -0.535. The largest absolute Gasteiger partial charge is 0.383 e. The van der Waals surface area contributed by atoms with Gasteiger partial charge >= 0.3 is 5.69 Å². The second-order valence-electron chi connectivity index (χ2n) is 4.71. The molecule has 2 rings (SSSR count). The molecule has 0 saturated carbocycles. The number of aromatic nitrogens is 4. The van der Waals surface area contributed by atoms with Crippen LogP contribution in [0, 0.1) is 13.8 Å². The molecule has 20 heavy (non-hydrogen) atoms. The number of anilines is 2. The summed E-state index contributed by atoms with van der Waals surface area (Å²) in [6.45, 7) is 4.26. The van der Waals surface area contributed by atoms with Crippen LogP contribution in [0.4, 0.5) is 11.5 Å². The third kappa shape index (κ3) is 2.20.